The molecule has 27 heavy (non-hydrogen) atoms. The number of aromatic nitrogens is 3. The first-order valence-electron chi connectivity index (χ1n) is 9.65. The number of aryl methyl sites for hydroxylation is 2. The third-order valence-electron chi connectivity index (χ3n) is 5.10. The summed E-state index contributed by atoms with van der Waals surface area (Å²) in [7, 11) is 0. The molecule has 1 N–H and O–H groups in total. The SMILES string of the molecule is Cc1ccc(C)c(NC(=O)CSc2nnc(C3CC3)n2C[C@H]2CCCO2)c1. The average Bonchev–Trinajstić information content (AvgIpc) is 3.21. The van der Waals surface area contributed by atoms with Crippen molar-refractivity contribution in [2.24, 2.45) is 0 Å². The highest BCUT2D eigenvalue weighted by molar-refractivity contribution is 7.99. The molecule has 1 saturated carbocycles. The molecule has 2 fully saturated rings. The number of rotatable bonds is 7. The van der Waals surface area contributed by atoms with Gasteiger partial charge in [0.25, 0.3) is 0 Å². The Hall–Kier alpha value is -1.86. The second-order valence-electron chi connectivity index (χ2n) is 7.52. The molecule has 7 heteroatoms. The van der Waals surface area contributed by atoms with Gasteiger partial charge in [0, 0.05) is 18.2 Å². The zero-order valence-electron chi connectivity index (χ0n) is 15.9. The van der Waals surface area contributed by atoms with Crippen molar-refractivity contribution in [3.05, 3.63) is 35.2 Å². The predicted octanol–water partition coefficient (Wildman–Crippen LogP) is 3.68. The van der Waals surface area contributed by atoms with Gasteiger partial charge in [-0.05, 0) is 56.7 Å². The smallest absolute Gasteiger partial charge is 0.234 e. The predicted molar refractivity (Wildman–Crippen MR) is 106 cm³/mol. The van der Waals surface area contributed by atoms with Gasteiger partial charge in [-0.1, -0.05) is 23.9 Å². The van der Waals surface area contributed by atoms with Crippen molar-refractivity contribution in [2.75, 3.05) is 17.7 Å². The summed E-state index contributed by atoms with van der Waals surface area (Å²) in [6, 6.07) is 6.08. The van der Waals surface area contributed by atoms with E-state index in [0.717, 1.165) is 53.8 Å². The van der Waals surface area contributed by atoms with Crippen LogP contribution in [0, 0.1) is 13.8 Å². The number of benzene rings is 1. The molecule has 4 rings (SSSR count). The first-order chi connectivity index (χ1) is 13.1. The van der Waals surface area contributed by atoms with Crippen LogP contribution in [0.3, 0.4) is 0 Å². The van der Waals surface area contributed by atoms with Gasteiger partial charge in [0.1, 0.15) is 5.82 Å². The van der Waals surface area contributed by atoms with E-state index in [1.807, 2.05) is 32.0 Å². The quantitative estimate of drug-likeness (QED) is 0.735. The van der Waals surface area contributed by atoms with Crippen molar-refractivity contribution in [1.82, 2.24) is 14.8 Å². The summed E-state index contributed by atoms with van der Waals surface area (Å²) >= 11 is 1.46. The topological polar surface area (TPSA) is 69.0 Å². The first kappa shape index (κ1) is 18.5. The lowest BCUT2D eigenvalue weighted by Gasteiger charge is -2.14. The lowest BCUT2D eigenvalue weighted by atomic mass is 10.1. The van der Waals surface area contributed by atoms with E-state index in [1.54, 1.807) is 0 Å². The molecule has 6 nitrogen and oxygen atoms in total. The van der Waals surface area contributed by atoms with Gasteiger partial charge in [-0.15, -0.1) is 10.2 Å². The van der Waals surface area contributed by atoms with Gasteiger partial charge < -0.3 is 14.6 Å². The summed E-state index contributed by atoms with van der Waals surface area (Å²) in [5.74, 6) is 1.88. The van der Waals surface area contributed by atoms with Crippen molar-refractivity contribution in [1.29, 1.82) is 0 Å². The second-order valence-corrected chi connectivity index (χ2v) is 8.46. The number of carbonyl (C=O) groups is 1. The number of thioether (sulfide) groups is 1. The fourth-order valence-corrected chi connectivity index (χ4v) is 4.16. The van der Waals surface area contributed by atoms with E-state index in [0.29, 0.717) is 11.7 Å². The minimum atomic E-state index is -0.0201. The number of hydrogen-bond donors (Lipinski definition) is 1. The molecule has 2 aromatic rings. The Balaban J connectivity index is 1.41. The van der Waals surface area contributed by atoms with E-state index < -0.39 is 0 Å². The van der Waals surface area contributed by atoms with E-state index in [9.17, 15) is 4.79 Å². The molecule has 1 saturated heterocycles. The number of nitrogens with zero attached hydrogens (tertiary/aromatic N) is 3. The Morgan fingerprint density at radius 1 is 1.30 bits per heavy atom. The minimum Gasteiger partial charge on any atom is -0.376 e. The molecule has 1 aliphatic heterocycles. The Labute approximate surface area is 164 Å². The fraction of sp³-hybridized carbons (Fsp3) is 0.550. The average molecular weight is 387 g/mol. The van der Waals surface area contributed by atoms with Crippen LogP contribution in [0.25, 0.3) is 0 Å². The Kier molecular flexibility index (Phi) is 5.50. The minimum absolute atomic E-state index is 0.0201. The summed E-state index contributed by atoms with van der Waals surface area (Å²) in [5, 5.41) is 12.6. The van der Waals surface area contributed by atoms with E-state index in [4.69, 9.17) is 4.74 Å². The van der Waals surface area contributed by atoms with E-state index in [2.05, 4.69) is 20.1 Å². The van der Waals surface area contributed by atoms with Crippen LogP contribution in [0.4, 0.5) is 5.69 Å². The monoisotopic (exact) mass is 386 g/mol. The molecule has 1 aromatic carbocycles. The van der Waals surface area contributed by atoms with Gasteiger partial charge >= 0.3 is 0 Å². The summed E-state index contributed by atoms with van der Waals surface area (Å²) in [4.78, 5) is 12.4. The highest BCUT2D eigenvalue weighted by Gasteiger charge is 2.32. The molecule has 0 bridgehead atoms. The van der Waals surface area contributed by atoms with E-state index in [1.165, 1.54) is 24.6 Å². The summed E-state index contributed by atoms with van der Waals surface area (Å²) < 4.78 is 7.98. The van der Waals surface area contributed by atoms with Gasteiger partial charge in [0.05, 0.1) is 18.4 Å². The Morgan fingerprint density at radius 2 is 2.15 bits per heavy atom. The van der Waals surface area contributed by atoms with Crippen molar-refractivity contribution >= 4 is 23.4 Å². The van der Waals surface area contributed by atoms with Crippen LogP contribution in [-0.4, -0.2) is 39.1 Å². The van der Waals surface area contributed by atoms with E-state index in [-0.39, 0.29) is 12.0 Å². The molecule has 2 aliphatic rings. The van der Waals surface area contributed by atoms with E-state index >= 15 is 0 Å². The molecule has 144 valence electrons. The molecule has 1 aliphatic carbocycles. The maximum Gasteiger partial charge on any atom is 0.234 e. The van der Waals surface area contributed by atoms with Crippen LogP contribution in [-0.2, 0) is 16.1 Å². The second kappa shape index (κ2) is 8.02. The largest absolute Gasteiger partial charge is 0.376 e. The first-order valence-corrected chi connectivity index (χ1v) is 10.6. The third-order valence-corrected chi connectivity index (χ3v) is 6.06. The highest BCUT2D eigenvalue weighted by atomic mass is 32.2. The Bertz CT molecular complexity index is 825. The molecule has 1 amide bonds. The van der Waals surface area contributed by atoms with Gasteiger partial charge in [0.2, 0.25) is 5.91 Å². The van der Waals surface area contributed by atoms with Crippen molar-refractivity contribution in [3.63, 3.8) is 0 Å². The lowest BCUT2D eigenvalue weighted by Crippen LogP contribution is -2.19. The molecule has 0 spiro atoms. The summed E-state index contributed by atoms with van der Waals surface area (Å²) in [6.07, 6.45) is 4.80. The van der Waals surface area contributed by atoms with Crippen LogP contribution in [0.1, 0.15) is 48.6 Å². The van der Waals surface area contributed by atoms with Crippen molar-refractivity contribution in [2.45, 2.75) is 63.3 Å². The maximum atomic E-state index is 12.4. The van der Waals surface area contributed by atoms with Crippen LogP contribution in [0.2, 0.25) is 0 Å². The lowest BCUT2D eigenvalue weighted by molar-refractivity contribution is -0.113. The van der Waals surface area contributed by atoms with Crippen LogP contribution < -0.4 is 5.32 Å². The van der Waals surface area contributed by atoms with Gasteiger partial charge in [-0.2, -0.15) is 0 Å². The van der Waals surface area contributed by atoms with Gasteiger partial charge in [0.15, 0.2) is 5.16 Å². The number of nitrogens with one attached hydrogen (secondary N) is 1. The zero-order chi connectivity index (χ0) is 18.8. The summed E-state index contributed by atoms with van der Waals surface area (Å²) in [5.41, 5.74) is 3.07. The standard InChI is InChI=1S/C20H26N4O2S/c1-13-5-6-14(2)17(10-13)21-18(25)12-27-20-23-22-19(15-7-8-15)24(20)11-16-4-3-9-26-16/h5-6,10,15-16H,3-4,7-9,11-12H2,1-2H3,(H,21,25)/t16-/m1/s1. The third kappa shape index (κ3) is 4.52. The number of hydrogen-bond acceptors (Lipinski definition) is 5. The normalized spacial score (nSPS) is 19.4. The highest BCUT2D eigenvalue weighted by Crippen LogP contribution is 2.40. The molecular formula is C20H26N4O2S. The van der Waals surface area contributed by atoms with Crippen LogP contribution >= 0.6 is 11.8 Å². The molecule has 0 radical (unpaired) electrons. The van der Waals surface area contributed by atoms with Crippen molar-refractivity contribution < 1.29 is 9.53 Å². The molecule has 1 atom stereocenters. The zero-order valence-corrected chi connectivity index (χ0v) is 16.7. The molecular weight excluding hydrogens is 360 g/mol. The summed E-state index contributed by atoms with van der Waals surface area (Å²) in [6.45, 7) is 5.66. The number of carbonyl (C=O) groups excluding carboxylic acids is 1. The molecule has 2 heterocycles. The Morgan fingerprint density at radius 3 is 2.89 bits per heavy atom. The van der Waals surface area contributed by atoms with Crippen LogP contribution in [0.15, 0.2) is 23.4 Å². The maximum absolute atomic E-state index is 12.4. The number of ether oxygens (including phenoxy) is 1. The van der Waals surface area contributed by atoms with Crippen LogP contribution in [0.5, 0.6) is 0 Å². The molecule has 1 aromatic heterocycles. The number of amides is 1. The van der Waals surface area contributed by atoms with Crippen molar-refractivity contribution in [3.8, 4) is 0 Å². The molecule has 0 unspecified atom stereocenters. The van der Waals surface area contributed by atoms with Gasteiger partial charge in [-0.3, -0.25) is 4.79 Å². The number of anilines is 1. The fourth-order valence-electron chi connectivity index (χ4n) is 3.40. The van der Waals surface area contributed by atoms with Gasteiger partial charge in [-0.25, -0.2) is 0 Å².